The van der Waals surface area contributed by atoms with Crippen LogP contribution < -0.4 is 5.73 Å². The fraction of sp³-hybridized carbons (Fsp3) is 0.625. The summed E-state index contributed by atoms with van der Waals surface area (Å²) in [4.78, 5) is 2.29. The van der Waals surface area contributed by atoms with E-state index in [1.54, 1.807) is 0 Å². The molecular weight excluding hydrogens is 236 g/mol. The summed E-state index contributed by atoms with van der Waals surface area (Å²) in [6.45, 7) is 9.23. The standard InChI is InChI=1S/C16H26N2O/c1-11-7-12(2)14(13(3)8-11)9-15(17)16-10-18(4)5-6-19-16/h7-8,15-16H,5-6,9-10,17H2,1-4H3. The quantitative estimate of drug-likeness (QED) is 0.903. The monoisotopic (exact) mass is 262 g/mol. The number of benzene rings is 1. The summed E-state index contributed by atoms with van der Waals surface area (Å²) < 4.78 is 5.82. The minimum absolute atomic E-state index is 0.0721. The Morgan fingerprint density at radius 3 is 2.53 bits per heavy atom. The molecule has 106 valence electrons. The molecule has 0 radical (unpaired) electrons. The number of aryl methyl sites for hydroxylation is 3. The van der Waals surface area contributed by atoms with E-state index in [1.165, 1.54) is 22.3 Å². The molecule has 2 rings (SSSR count). The zero-order valence-electron chi connectivity index (χ0n) is 12.6. The summed E-state index contributed by atoms with van der Waals surface area (Å²) in [6.07, 6.45) is 1.05. The topological polar surface area (TPSA) is 38.5 Å². The van der Waals surface area contributed by atoms with E-state index in [0.29, 0.717) is 0 Å². The normalized spacial score (nSPS) is 22.5. The molecule has 1 saturated heterocycles. The molecule has 1 aliphatic heterocycles. The maximum absolute atomic E-state index is 6.37. The largest absolute Gasteiger partial charge is 0.374 e. The average molecular weight is 262 g/mol. The molecule has 0 saturated carbocycles. The second-order valence-electron chi connectivity index (χ2n) is 5.92. The molecule has 1 aromatic rings. The highest BCUT2D eigenvalue weighted by atomic mass is 16.5. The number of hydrogen-bond acceptors (Lipinski definition) is 3. The van der Waals surface area contributed by atoms with Gasteiger partial charge in [0.15, 0.2) is 0 Å². The van der Waals surface area contributed by atoms with Gasteiger partial charge in [0.05, 0.1) is 12.7 Å². The lowest BCUT2D eigenvalue weighted by Crippen LogP contribution is -2.50. The van der Waals surface area contributed by atoms with Crippen LogP contribution in [-0.2, 0) is 11.2 Å². The van der Waals surface area contributed by atoms with Gasteiger partial charge in [0.1, 0.15) is 0 Å². The van der Waals surface area contributed by atoms with Crippen LogP contribution in [0.1, 0.15) is 22.3 Å². The molecule has 0 aliphatic carbocycles. The predicted molar refractivity (Wildman–Crippen MR) is 79.6 cm³/mol. The first-order valence-corrected chi connectivity index (χ1v) is 7.10. The van der Waals surface area contributed by atoms with Crippen molar-refractivity contribution in [3.05, 3.63) is 34.4 Å². The van der Waals surface area contributed by atoms with Gasteiger partial charge in [-0.3, -0.25) is 0 Å². The van der Waals surface area contributed by atoms with Crippen molar-refractivity contribution in [1.29, 1.82) is 0 Å². The molecule has 3 nitrogen and oxygen atoms in total. The molecule has 0 amide bonds. The van der Waals surface area contributed by atoms with E-state index >= 15 is 0 Å². The highest BCUT2D eigenvalue weighted by Crippen LogP contribution is 2.19. The molecule has 0 aromatic heterocycles. The van der Waals surface area contributed by atoms with Gasteiger partial charge in [0.25, 0.3) is 0 Å². The fourth-order valence-corrected chi connectivity index (χ4v) is 2.97. The third kappa shape index (κ3) is 3.56. The van der Waals surface area contributed by atoms with Crippen LogP contribution in [0.3, 0.4) is 0 Å². The van der Waals surface area contributed by atoms with Crippen molar-refractivity contribution in [2.45, 2.75) is 39.3 Å². The van der Waals surface area contributed by atoms with E-state index in [9.17, 15) is 0 Å². The van der Waals surface area contributed by atoms with Crippen molar-refractivity contribution < 1.29 is 4.74 Å². The molecule has 1 aromatic carbocycles. The lowest BCUT2D eigenvalue weighted by molar-refractivity contribution is -0.0319. The molecule has 2 atom stereocenters. The van der Waals surface area contributed by atoms with Gasteiger partial charge in [-0.2, -0.15) is 0 Å². The summed E-state index contributed by atoms with van der Waals surface area (Å²) in [5.41, 5.74) is 11.8. The number of morpholine rings is 1. The molecule has 0 bridgehead atoms. The molecule has 1 heterocycles. The van der Waals surface area contributed by atoms with Crippen LogP contribution in [0.25, 0.3) is 0 Å². The first-order chi connectivity index (χ1) is 8.97. The van der Waals surface area contributed by atoms with Crippen LogP contribution in [0.2, 0.25) is 0 Å². The van der Waals surface area contributed by atoms with Crippen molar-refractivity contribution in [3.8, 4) is 0 Å². The number of hydrogen-bond donors (Lipinski definition) is 1. The van der Waals surface area contributed by atoms with E-state index in [0.717, 1.165) is 26.1 Å². The molecule has 2 N–H and O–H groups in total. The molecule has 0 spiro atoms. The Bertz CT molecular complexity index is 421. The summed E-state index contributed by atoms with van der Waals surface area (Å²) in [5.74, 6) is 0. The van der Waals surface area contributed by atoms with E-state index < -0.39 is 0 Å². The Morgan fingerprint density at radius 1 is 1.32 bits per heavy atom. The summed E-state index contributed by atoms with van der Waals surface area (Å²) in [5, 5.41) is 0. The van der Waals surface area contributed by atoms with Crippen LogP contribution in [0.5, 0.6) is 0 Å². The lowest BCUT2D eigenvalue weighted by Gasteiger charge is -2.34. The highest BCUT2D eigenvalue weighted by Gasteiger charge is 2.24. The summed E-state index contributed by atoms with van der Waals surface area (Å²) >= 11 is 0. The third-order valence-electron chi connectivity index (χ3n) is 4.05. The first-order valence-electron chi connectivity index (χ1n) is 7.10. The Labute approximate surface area is 116 Å². The SMILES string of the molecule is Cc1cc(C)c(CC(N)C2CN(C)CCO2)c(C)c1. The van der Waals surface area contributed by atoms with Gasteiger partial charge in [-0.05, 0) is 50.9 Å². The Hall–Kier alpha value is -0.900. The molecule has 1 fully saturated rings. The second kappa shape index (κ2) is 6.04. The summed E-state index contributed by atoms with van der Waals surface area (Å²) in [6, 6.07) is 4.55. The Kier molecular flexibility index (Phi) is 4.61. The summed E-state index contributed by atoms with van der Waals surface area (Å²) in [7, 11) is 2.13. The highest BCUT2D eigenvalue weighted by molar-refractivity contribution is 5.38. The number of nitrogens with two attached hydrogens (primary N) is 1. The third-order valence-corrected chi connectivity index (χ3v) is 4.05. The Morgan fingerprint density at radius 2 is 1.95 bits per heavy atom. The van der Waals surface area contributed by atoms with Crippen molar-refractivity contribution in [1.82, 2.24) is 4.90 Å². The van der Waals surface area contributed by atoms with Crippen LogP contribution >= 0.6 is 0 Å². The number of nitrogens with zero attached hydrogens (tertiary/aromatic N) is 1. The molecule has 2 unspecified atom stereocenters. The van der Waals surface area contributed by atoms with Gasteiger partial charge in [-0.1, -0.05) is 17.7 Å². The van der Waals surface area contributed by atoms with Crippen molar-refractivity contribution in [3.63, 3.8) is 0 Å². The smallest absolute Gasteiger partial charge is 0.0856 e. The van der Waals surface area contributed by atoms with Gasteiger partial charge in [0.2, 0.25) is 0 Å². The number of rotatable bonds is 3. The fourth-order valence-electron chi connectivity index (χ4n) is 2.97. The zero-order chi connectivity index (χ0) is 14.0. The second-order valence-corrected chi connectivity index (χ2v) is 5.92. The van der Waals surface area contributed by atoms with E-state index in [2.05, 4.69) is 44.9 Å². The van der Waals surface area contributed by atoms with E-state index in [-0.39, 0.29) is 12.1 Å². The van der Waals surface area contributed by atoms with Crippen molar-refractivity contribution in [2.24, 2.45) is 5.73 Å². The Balaban J connectivity index is 2.08. The lowest BCUT2D eigenvalue weighted by atomic mass is 9.92. The zero-order valence-corrected chi connectivity index (χ0v) is 12.6. The molecule has 1 aliphatic rings. The predicted octanol–water partition coefficient (Wildman–Crippen LogP) is 1.81. The van der Waals surface area contributed by atoms with Crippen LogP contribution in [0, 0.1) is 20.8 Å². The maximum Gasteiger partial charge on any atom is 0.0856 e. The van der Waals surface area contributed by atoms with Gasteiger partial charge in [-0.15, -0.1) is 0 Å². The van der Waals surface area contributed by atoms with Gasteiger partial charge in [-0.25, -0.2) is 0 Å². The minimum Gasteiger partial charge on any atom is -0.374 e. The van der Waals surface area contributed by atoms with Gasteiger partial charge in [0, 0.05) is 19.1 Å². The van der Waals surface area contributed by atoms with E-state index in [1.807, 2.05) is 0 Å². The molecule has 3 heteroatoms. The number of ether oxygens (including phenoxy) is 1. The average Bonchev–Trinajstić information content (AvgIpc) is 2.33. The maximum atomic E-state index is 6.37. The van der Waals surface area contributed by atoms with Crippen LogP contribution in [0.15, 0.2) is 12.1 Å². The van der Waals surface area contributed by atoms with Crippen molar-refractivity contribution in [2.75, 3.05) is 26.7 Å². The number of likely N-dealkylation sites (N-methyl/N-ethyl adjacent to an activating group) is 1. The molecule has 19 heavy (non-hydrogen) atoms. The van der Waals surface area contributed by atoms with Gasteiger partial charge < -0.3 is 15.4 Å². The van der Waals surface area contributed by atoms with Crippen molar-refractivity contribution >= 4 is 0 Å². The minimum atomic E-state index is 0.0721. The van der Waals surface area contributed by atoms with Crippen LogP contribution in [-0.4, -0.2) is 43.8 Å². The van der Waals surface area contributed by atoms with Crippen LogP contribution in [0.4, 0.5) is 0 Å². The van der Waals surface area contributed by atoms with E-state index in [4.69, 9.17) is 10.5 Å². The van der Waals surface area contributed by atoms with Gasteiger partial charge >= 0.3 is 0 Å². The molecular formula is C16H26N2O. The first kappa shape index (κ1) is 14.5.